The normalized spacial score (nSPS) is 30.5. The summed E-state index contributed by atoms with van der Waals surface area (Å²) in [5, 5.41) is 3.33. The molecule has 0 spiro atoms. The average Bonchev–Trinajstić information content (AvgIpc) is 2.76. The zero-order valence-electron chi connectivity index (χ0n) is 11.5. The second-order valence-corrected chi connectivity index (χ2v) is 5.81. The van der Waals surface area contributed by atoms with Crippen LogP contribution in [0, 0.1) is 0 Å². The molecule has 1 unspecified atom stereocenters. The third kappa shape index (κ3) is 2.77. The summed E-state index contributed by atoms with van der Waals surface area (Å²) >= 11 is 0. The van der Waals surface area contributed by atoms with Crippen molar-refractivity contribution in [1.82, 2.24) is 15.1 Å². The maximum atomic E-state index is 5.43. The molecule has 1 N–H and O–H groups in total. The number of likely N-dealkylation sites (tertiary alicyclic amines) is 1. The van der Waals surface area contributed by atoms with Gasteiger partial charge >= 0.3 is 0 Å². The van der Waals surface area contributed by atoms with Crippen molar-refractivity contribution in [2.45, 2.75) is 19.4 Å². The molecule has 4 heteroatoms. The highest BCUT2D eigenvalue weighted by atomic mass is 16.5. The first-order chi connectivity index (χ1) is 8.83. The molecule has 0 aromatic carbocycles. The topological polar surface area (TPSA) is 27.7 Å². The van der Waals surface area contributed by atoms with Crippen molar-refractivity contribution in [3.63, 3.8) is 0 Å². The molecule has 18 heavy (non-hydrogen) atoms. The third-order valence-electron chi connectivity index (χ3n) is 4.55. The molecule has 1 atom stereocenters. The van der Waals surface area contributed by atoms with Gasteiger partial charge in [0.15, 0.2) is 0 Å². The molecule has 3 fully saturated rings. The molecule has 0 radical (unpaired) electrons. The Labute approximate surface area is 110 Å². The number of hydrogen-bond donors (Lipinski definition) is 1. The average molecular weight is 251 g/mol. The Morgan fingerprint density at radius 2 is 2.06 bits per heavy atom. The molecular weight excluding hydrogens is 226 g/mol. The number of rotatable bonds is 3. The molecule has 0 amide bonds. The molecule has 0 bridgehead atoms. The van der Waals surface area contributed by atoms with Crippen LogP contribution in [0.3, 0.4) is 0 Å². The van der Waals surface area contributed by atoms with E-state index in [1.54, 1.807) is 11.1 Å². The van der Waals surface area contributed by atoms with Crippen molar-refractivity contribution >= 4 is 0 Å². The van der Waals surface area contributed by atoms with Crippen molar-refractivity contribution in [1.29, 1.82) is 0 Å². The van der Waals surface area contributed by atoms with Crippen molar-refractivity contribution in [3.8, 4) is 0 Å². The van der Waals surface area contributed by atoms with Crippen LogP contribution >= 0.6 is 0 Å². The van der Waals surface area contributed by atoms with E-state index in [-0.39, 0.29) is 0 Å². The van der Waals surface area contributed by atoms with Gasteiger partial charge in [-0.3, -0.25) is 9.80 Å². The summed E-state index contributed by atoms with van der Waals surface area (Å²) in [6, 6.07) is 0.770. The van der Waals surface area contributed by atoms with Gasteiger partial charge in [0.1, 0.15) is 0 Å². The van der Waals surface area contributed by atoms with E-state index in [2.05, 4.69) is 22.0 Å². The Morgan fingerprint density at radius 1 is 1.28 bits per heavy atom. The SMILES string of the molecule is CC(CN1CCC(N2CCOCC2)C1)=C1CNC1. The Hall–Kier alpha value is -0.420. The number of ether oxygens (including phenoxy) is 1. The van der Waals surface area contributed by atoms with Gasteiger partial charge in [0.25, 0.3) is 0 Å². The highest BCUT2D eigenvalue weighted by molar-refractivity contribution is 5.22. The van der Waals surface area contributed by atoms with Crippen LogP contribution in [-0.4, -0.2) is 74.9 Å². The van der Waals surface area contributed by atoms with Crippen LogP contribution in [0.4, 0.5) is 0 Å². The second-order valence-electron chi connectivity index (χ2n) is 5.81. The molecule has 3 aliphatic heterocycles. The number of nitrogens with one attached hydrogen (secondary N) is 1. The Bertz CT molecular complexity index is 317. The van der Waals surface area contributed by atoms with E-state index >= 15 is 0 Å². The summed E-state index contributed by atoms with van der Waals surface area (Å²) in [4.78, 5) is 5.25. The minimum atomic E-state index is 0.770. The first-order valence-electron chi connectivity index (χ1n) is 7.25. The molecule has 102 valence electrons. The Balaban J connectivity index is 1.48. The quantitative estimate of drug-likeness (QED) is 0.731. The van der Waals surface area contributed by atoms with E-state index in [1.807, 2.05) is 0 Å². The summed E-state index contributed by atoms with van der Waals surface area (Å²) in [5.74, 6) is 0. The summed E-state index contributed by atoms with van der Waals surface area (Å²) in [6.07, 6.45) is 1.33. The van der Waals surface area contributed by atoms with Crippen LogP contribution in [0.1, 0.15) is 13.3 Å². The minimum absolute atomic E-state index is 0.770. The maximum absolute atomic E-state index is 5.43. The van der Waals surface area contributed by atoms with Crippen LogP contribution in [0.25, 0.3) is 0 Å². The van der Waals surface area contributed by atoms with Crippen LogP contribution in [-0.2, 0) is 4.74 Å². The summed E-state index contributed by atoms with van der Waals surface area (Å²) in [7, 11) is 0. The highest BCUT2D eigenvalue weighted by Crippen LogP contribution is 2.19. The smallest absolute Gasteiger partial charge is 0.0594 e. The summed E-state index contributed by atoms with van der Waals surface area (Å²) in [6.45, 7) is 12.3. The molecule has 3 saturated heterocycles. The molecule has 3 aliphatic rings. The standard InChI is InChI=1S/C14H25N3O/c1-12(13-8-15-9-13)10-16-3-2-14(11-16)17-4-6-18-7-5-17/h14-15H,2-11H2,1H3. The zero-order valence-corrected chi connectivity index (χ0v) is 11.5. The van der Waals surface area contributed by atoms with Gasteiger partial charge in [-0.05, 0) is 18.9 Å². The van der Waals surface area contributed by atoms with Crippen molar-refractivity contribution in [3.05, 3.63) is 11.1 Å². The van der Waals surface area contributed by atoms with Gasteiger partial charge < -0.3 is 10.1 Å². The van der Waals surface area contributed by atoms with E-state index in [9.17, 15) is 0 Å². The fraction of sp³-hybridized carbons (Fsp3) is 0.857. The van der Waals surface area contributed by atoms with Crippen LogP contribution in [0.2, 0.25) is 0 Å². The van der Waals surface area contributed by atoms with E-state index < -0.39 is 0 Å². The van der Waals surface area contributed by atoms with Crippen LogP contribution < -0.4 is 5.32 Å². The van der Waals surface area contributed by atoms with E-state index in [0.717, 1.165) is 45.4 Å². The molecule has 0 aliphatic carbocycles. The maximum Gasteiger partial charge on any atom is 0.0594 e. The summed E-state index contributed by atoms with van der Waals surface area (Å²) in [5.41, 5.74) is 3.22. The van der Waals surface area contributed by atoms with Crippen molar-refractivity contribution in [2.75, 3.05) is 59.0 Å². The van der Waals surface area contributed by atoms with Crippen LogP contribution in [0.15, 0.2) is 11.1 Å². The Morgan fingerprint density at radius 3 is 2.72 bits per heavy atom. The molecular formula is C14H25N3O. The first kappa shape index (κ1) is 12.6. The monoisotopic (exact) mass is 251 g/mol. The Kier molecular flexibility index (Phi) is 3.99. The molecule has 0 aromatic rings. The van der Waals surface area contributed by atoms with E-state index in [0.29, 0.717) is 0 Å². The fourth-order valence-corrected chi connectivity index (χ4v) is 3.20. The molecule has 4 nitrogen and oxygen atoms in total. The van der Waals surface area contributed by atoms with Gasteiger partial charge in [-0.25, -0.2) is 0 Å². The minimum Gasteiger partial charge on any atom is -0.379 e. The highest BCUT2D eigenvalue weighted by Gasteiger charge is 2.28. The molecule has 3 heterocycles. The lowest BCUT2D eigenvalue weighted by molar-refractivity contribution is 0.0187. The zero-order chi connectivity index (χ0) is 12.4. The molecule has 3 rings (SSSR count). The number of hydrogen-bond acceptors (Lipinski definition) is 4. The lowest BCUT2D eigenvalue weighted by Gasteiger charge is -2.32. The van der Waals surface area contributed by atoms with Crippen molar-refractivity contribution in [2.24, 2.45) is 0 Å². The number of morpholine rings is 1. The molecule has 0 aromatic heterocycles. The predicted molar refractivity (Wildman–Crippen MR) is 72.8 cm³/mol. The summed E-state index contributed by atoms with van der Waals surface area (Å²) < 4.78 is 5.43. The molecule has 0 saturated carbocycles. The lowest BCUT2D eigenvalue weighted by Crippen LogP contribution is -2.45. The van der Waals surface area contributed by atoms with Crippen molar-refractivity contribution < 1.29 is 4.74 Å². The predicted octanol–water partition coefficient (Wildman–Crippen LogP) is 0.313. The number of nitrogens with zero attached hydrogens (tertiary/aromatic N) is 2. The van der Waals surface area contributed by atoms with Gasteiger partial charge in [0, 0.05) is 51.9 Å². The van der Waals surface area contributed by atoms with Gasteiger partial charge in [0.05, 0.1) is 13.2 Å². The van der Waals surface area contributed by atoms with Gasteiger partial charge in [-0.1, -0.05) is 5.57 Å². The van der Waals surface area contributed by atoms with E-state index in [1.165, 1.54) is 26.1 Å². The van der Waals surface area contributed by atoms with Gasteiger partial charge in [-0.15, -0.1) is 0 Å². The second kappa shape index (κ2) is 5.70. The van der Waals surface area contributed by atoms with Gasteiger partial charge in [0.2, 0.25) is 0 Å². The van der Waals surface area contributed by atoms with E-state index in [4.69, 9.17) is 4.74 Å². The lowest BCUT2D eigenvalue weighted by atomic mass is 10.0. The van der Waals surface area contributed by atoms with Gasteiger partial charge in [-0.2, -0.15) is 0 Å². The fourth-order valence-electron chi connectivity index (χ4n) is 3.20. The third-order valence-corrected chi connectivity index (χ3v) is 4.55. The largest absolute Gasteiger partial charge is 0.379 e. The van der Waals surface area contributed by atoms with Crippen LogP contribution in [0.5, 0.6) is 0 Å². The first-order valence-corrected chi connectivity index (χ1v) is 7.25.